The van der Waals surface area contributed by atoms with Crippen molar-refractivity contribution in [3.63, 3.8) is 0 Å². The van der Waals surface area contributed by atoms with Crippen LogP contribution in [0.1, 0.15) is 44.2 Å². The standard InChI is InChI=1S/C19H25FN6O3/c1-11(2)16-15(20)17(28)22-19(21-16)25-9-7-24(8-10-25)18(29)13-5-6-14(27)26(23-13)12(3)4/h5-6,11-12,15H,7-10H2,1-4H3. The molecule has 29 heavy (non-hydrogen) atoms. The van der Waals surface area contributed by atoms with Gasteiger partial charge in [0, 0.05) is 32.2 Å². The Balaban J connectivity index is 1.70. The van der Waals surface area contributed by atoms with Crippen molar-refractivity contribution in [2.75, 3.05) is 26.2 Å². The summed E-state index contributed by atoms with van der Waals surface area (Å²) < 4.78 is 15.3. The monoisotopic (exact) mass is 404 g/mol. The van der Waals surface area contributed by atoms with Gasteiger partial charge < -0.3 is 9.80 Å². The van der Waals surface area contributed by atoms with Crippen molar-refractivity contribution in [2.45, 2.75) is 39.9 Å². The van der Waals surface area contributed by atoms with E-state index >= 15 is 0 Å². The molecule has 156 valence electrons. The second-order valence-corrected chi connectivity index (χ2v) is 7.68. The van der Waals surface area contributed by atoms with Crippen LogP contribution in [0.25, 0.3) is 0 Å². The van der Waals surface area contributed by atoms with Crippen molar-refractivity contribution in [1.82, 2.24) is 19.6 Å². The number of aromatic nitrogens is 2. The first-order valence-corrected chi connectivity index (χ1v) is 9.68. The molecule has 0 saturated carbocycles. The van der Waals surface area contributed by atoms with E-state index in [1.807, 2.05) is 13.8 Å². The summed E-state index contributed by atoms with van der Waals surface area (Å²) in [6.07, 6.45) is -1.79. The third kappa shape index (κ3) is 4.25. The third-order valence-electron chi connectivity index (χ3n) is 4.89. The normalized spacial score (nSPS) is 20.2. The zero-order valence-electron chi connectivity index (χ0n) is 17.0. The van der Waals surface area contributed by atoms with Crippen LogP contribution < -0.4 is 5.56 Å². The number of hydrogen-bond acceptors (Lipinski definition) is 6. The highest BCUT2D eigenvalue weighted by molar-refractivity contribution is 6.18. The Morgan fingerprint density at radius 1 is 1.07 bits per heavy atom. The van der Waals surface area contributed by atoms with Crippen LogP contribution in [-0.4, -0.2) is 75.4 Å². The summed E-state index contributed by atoms with van der Waals surface area (Å²) in [7, 11) is 0. The predicted octanol–water partition coefficient (Wildman–Crippen LogP) is 0.913. The van der Waals surface area contributed by atoms with Crippen LogP contribution in [0.5, 0.6) is 0 Å². The maximum Gasteiger partial charge on any atom is 0.289 e. The van der Waals surface area contributed by atoms with Gasteiger partial charge in [-0.15, -0.1) is 0 Å². The fourth-order valence-electron chi connectivity index (χ4n) is 3.22. The highest BCUT2D eigenvalue weighted by Crippen LogP contribution is 2.16. The molecule has 1 atom stereocenters. The van der Waals surface area contributed by atoms with Crippen molar-refractivity contribution in [1.29, 1.82) is 0 Å². The van der Waals surface area contributed by atoms with Crippen LogP contribution in [0.3, 0.4) is 0 Å². The van der Waals surface area contributed by atoms with Gasteiger partial charge in [0.15, 0.2) is 0 Å². The number of nitrogens with zero attached hydrogens (tertiary/aromatic N) is 6. The minimum atomic E-state index is -1.79. The van der Waals surface area contributed by atoms with Gasteiger partial charge in [0.25, 0.3) is 17.4 Å². The van der Waals surface area contributed by atoms with Crippen LogP contribution in [-0.2, 0) is 4.79 Å². The second kappa shape index (κ2) is 8.22. The lowest BCUT2D eigenvalue weighted by Crippen LogP contribution is -2.52. The van der Waals surface area contributed by atoms with E-state index in [0.717, 1.165) is 0 Å². The predicted molar refractivity (Wildman–Crippen MR) is 106 cm³/mol. The van der Waals surface area contributed by atoms with Crippen molar-refractivity contribution in [3.05, 3.63) is 28.2 Å². The molecule has 0 aromatic carbocycles. The topological polar surface area (TPSA) is 100 Å². The molecule has 3 rings (SSSR count). The molecule has 2 amide bonds. The maximum atomic E-state index is 14.0. The summed E-state index contributed by atoms with van der Waals surface area (Å²) in [4.78, 5) is 47.9. The van der Waals surface area contributed by atoms with Crippen LogP contribution >= 0.6 is 0 Å². The smallest absolute Gasteiger partial charge is 0.289 e. The molecule has 0 spiro atoms. The number of piperazine rings is 1. The molecule has 0 bridgehead atoms. The number of carbonyl (C=O) groups excluding carboxylic acids is 2. The molecular formula is C19H25FN6O3. The van der Waals surface area contributed by atoms with E-state index in [2.05, 4.69) is 15.1 Å². The van der Waals surface area contributed by atoms with E-state index in [4.69, 9.17) is 0 Å². The van der Waals surface area contributed by atoms with Gasteiger partial charge in [-0.2, -0.15) is 10.1 Å². The molecule has 0 radical (unpaired) electrons. The number of carbonyl (C=O) groups is 2. The van der Waals surface area contributed by atoms with Gasteiger partial charge in [-0.1, -0.05) is 13.8 Å². The van der Waals surface area contributed by atoms with Crippen LogP contribution in [0.2, 0.25) is 0 Å². The molecule has 0 N–H and O–H groups in total. The van der Waals surface area contributed by atoms with Gasteiger partial charge in [-0.05, 0) is 25.8 Å². The van der Waals surface area contributed by atoms with E-state index in [1.165, 1.54) is 16.8 Å². The molecule has 2 aliphatic rings. The van der Waals surface area contributed by atoms with Gasteiger partial charge in [0.1, 0.15) is 5.69 Å². The molecule has 1 aromatic rings. The first-order valence-electron chi connectivity index (χ1n) is 9.68. The van der Waals surface area contributed by atoms with Crippen molar-refractivity contribution >= 4 is 23.5 Å². The summed E-state index contributed by atoms with van der Waals surface area (Å²) in [5.74, 6) is -1.11. The van der Waals surface area contributed by atoms with Gasteiger partial charge in [0.2, 0.25) is 12.1 Å². The zero-order chi connectivity index (χ0) is 21.3. The van der Waals surface area contributed by atoms with Gasteiger partial charge >= 0.3 is 0 Å². The minimum Gasteiger partial charge on any atom is -0.337 e. The lowest BCUT2D eigenvalue weighted by molar-refractivity contribution is -0.120. The highest BCUT2D eigenvalue weighted by atomic mass is 19.1. The summed E-state index contributed by atoms with van der Waals surface area (Å²) in [5.41, 5.74) is 0.127. The largest absolute Gasteiger partial charge is 0.337 e. The Morgan fingerprint density at radius 3 is 2.31 bits per heavy atom. The number of alkyl halides is 1. The number of amides is 2. The number of guanidine groups is 1. The van der Waals surface area contributed by atoms with E-state index in [-0.39, 0.29) is 40.8 Å². The van der Waals surface area contributed by atoms with Crippen LogP contribution in [0.15, 0.2) is 26.9 Å². The number of hydrogen-bond donors (Lipinski definition) is 0. The first-order chi connectivity index (χ1) is 13.7. The molecule has 0 aliphatic carbocycles. The Bertz CT molecular complexity index is 928. The molecule has 1 saturated heterocycles. The third-order valence-corrected chi connectivity index (χ3v) is 4.89. The molecule has 1 aromatic heterocycles. The van der Waals surface area contributed by atoms with E-state index in [1.54, 1.807) is 23.6 Å². The maximum absolute atomic E-state index is 14.0. The Hall–Kier alpha value is -2.91. The molecule has 9 nitrogen and oxygen atoms in total. The molecule has 2 aliphatic heterocycles. The lowest BCUT2D eigenvalue weighted by atomic mass is 10.0. The zero-order valence-corrected chi connectivity index (χ0v) is 17.0. The van der Waals surface area contributed by atoms with Crippen LogP contribution in [0, 0.1) is 5.92 Å². The second-order valence-electron chi connectivity index (χ2n) is 7.68. The highest BCUT2D eigenvalue weighted by Gasteiger charge is 2.33. The van der Waals surface area contributed by atoms with E-state index in [9.17, 15) is 18.8 Å². The minimum absolute atomic E-state index is 0.152. The summed E-state index contributed by atoms with van der Waals surface area (Å²) >= 11 is 0. The Kier molecular flexibility index (Phi) is 5.90. The van der Waals surface area contributed by atoms with Gasteiger partial charge in [-0.25, -0.2) is 14.1 Å². The van der Waals surface area contributed by atoms with Crippen molar-refractivity contribution in [2.24, 2.45) is 15.9 Å². The fourth-order valence-corrected chi connectivity index (χ4v) is 3.22. The molecule has 10 heteroatoms. The van der Waals surface area contributed by atoms with Gasteiger partial charge in [-0.3, -0.25) is 14.4 Å². The SMILES string of the molecule is CC(C)C1=NC(N2CCN(C(=O)c3ccc(=O)n(C(C)C)n3)CC2)=NC(=O)C1F. The van der Waals surface area contributed by atoms with Gasteiger partial charge in [0.05, 0.1) is 11.8 Å². The summed E-state index contributed by atoms with van der Waals surface area (Å²) in [5, 5.41) is 4.17. The van der Waals surface area contributed by atoms with E-state index in [0.29, 0.717) is 26.2 Å². The van der Waals surface area contributed by atoms with E-state index < -0.39 is 12.1 Å². The average Bonchev–Trinajstić information content (AvgIpc) is 2.69. The lowest BCUT2D eigenvalue weighted by Gasteiger charge is -2.36. The first kappa shape index (κ1) is 20.8. The quantitative estimate of drug-likeness (QED) is 0.746. The average molecular weight is 404 g/mol. The number of rotatable bonds is 3. The molecular weight excluding hydrogens is 379 g/mol. The van der Waals surface area contributed by atoms with Crippen LogP contribution in [0.4, 0.5) is 4.39 Å². The number of aliphatic imine (C=N–C) groups is 2. The summed E-state index contributed by atoms with van der Waals surface area (Å²) in [6, 6.07) is 2.62. The van der Waals surface area contributed by atoms with Crippen molar-refractivity contribution in [3.8, 4) is 0 Å². The fraction of sp³-hybridized carbons (Fsp3) is 0.579. The molecule has 1 unspecified atom stereocenters. The number of halogens is 1. The Labute approximate surface area is 167 Å². The summed E-state index contributed by atoms with van der Waals surface area (Å²) in [6.45, 7) is 8.77. The molecule has 3 heterocycles. The van der Waals surface area contributed by atoms with Crippen molar-refractivity contribution < 1.29 is 14.0 Å². The molecule has 1 fully saturated rings. The Morgan fingerprint density at radius 2 is 1.72 bits per heavy atom.